The third-order valence-corrected chi connectivity index (χ3v) is 7.24. The van der Waals surface area contributed by atoms with Crippen LogP contribution in [0.1, 0.15) is 35.3 Å². The zero-order chi connectivity index (χ0) is 22.7. The number of benzene rings is 2. The highest BCUT2D eigenvalue weighted by molar-refractivity contribution is 7.90. The van der Waals surface area contributed by atoms with E-state index in [0.717, 1.165) is 32.4 Å². The molecular formula is C22H21Cl3N4O2S. The van der Waals surface area contributed by atoms with Gasteiger partial charge in [-0.25, -0.2) is 5.01 Å². The Morgan fingerprint density at radius 2 is 1.72 bits per heavy atom. The number of carbonyl (C=O) groups excluding carboxylic acids is 1. The third-order valence-electron chi connectivity index (χ3n) is 5.13. The average molecular weight is 512 g/mol. The molecule has 1 aliphatic heterocycles. The Morgan fingerprint density at radius 1 is 1.03 bits per heavy atom. The maximum atomic E-state index is 13.3. The molecule has 0 radical (unpaired) electrons. The molecule has 1 fully saturated rings. The van der Waals surface area contributed by atoms with E-state index in [1.54, 1.807) is 53.2 Å². The summed E-state index contributed by atoms with van der Waals surface area (Å²) < 4.78 is 15.0. The van der Waals surface area contributed by atoms with Crippen LogP contribution in [0.15, 0.2) is 53.8 Å². The van der Waals surface area contributed by atoms with Crippen LogP contribution in [0.5, 0.6) is 0 Å². The Balaban J connectivity index is 1.64. The predicted molar refractivity (Wildman–Crippen MR) is 128 cm³/mol. The van der Waals surface area contributed by atoms with Gasteiger partial charge in [0.25, 0.3) is 5.91 Å². The molecule has 0 spiro atoms. The Hall–Kier alpha value is -1.74. The van der Waals surface area contributed by atoms with Gasteiger partial charge in [-0.1, -0.05) is 47.3 Å². The van der Waals surface area contributed by atoms with Crippen molar-refractivity contribution in [2.24, 2.45) is 0 Å². The molecule has 2 heterocycles. The van der Waals surface area contributed by atoms with Gasteiger partial charge in [-0.05, 0) is 49.2 Å². The number of halogens is 3. The molecule has 1 N–H and O–H groups in total. The summed E-state index contributed by atoms with van der Waals surface area (Å²) in [4.78, 5) is 17.3. The standard InChI is InChI=1S/C22H21Cl3N4O2S/c23-16-6-8-18(9-7-16)29-13-20(21(30)27-28-10-2-1-3-11-28)26-22(29)32(31)14-15-4-5-17(24)12-19(15)25/h4-9,12-13H,1-3,10-11,14H2,(H,27,30). The van der Waals surface area contributed by atoms with Gasteiger partial charge in [-0.2, -0.15) is 4.98 Å². The molecule has 6 nitrogen and oxygen atoms in total. The summed E-state index contributed by atoms with van der Waals surface area (Å²) in [6.45, 7) is 1.61. The number of imidazole rings is 1. The molecule has 1 saturated heterocycles. The van der Waals surface area contributed by atoms with Crippen molar-refractivity contribution in [1.29, 1.82) is 0 Å². The summed E-state index contributed by atoms with van der Waals surface area (Å²) in [6, 6.07) is 12.1. The van der Waals surface area contributed by atoms with Gasteiger partial charge in [0.15, 0.2) is 5.69 Å². The molecule has 0 saturated carbocycles. The lowest BCUT2D eigenvalue weighted by Crippen LogP contribution is -2.45. The first-order chi connectivity index (χ1) is 15.4. The van der Waals surface area contributed by atoms with Gasteiger partial charge in [-0.3, -0.25) is 14.8 Å². The minimum absolute atomic E-state index is 0.133. The van der Waals surface area contributed by atoms with Gasteiger partial charge in [0.2, 0.25) is 0 Å². The zero-order valence-corrected chi connectivity index (χ0v) is 20.1. The van der Waals surface area contributed by atoms with Crippen molar-refractivity contribution in [2.75, 3.05) is 13.1 Å². The smallest absolute Gasteiger partial charge is 0.328 e. The van der Waals surface area contributed by atoms with E-state index in [9.17, 15) is 9.35 Å². The van der Waals surface area contributed by atoms with Crippen LogP contribution < -0.4 is 5.43 Å². The van der Waals surface area contributed by atoms with Gasteiger partial charge in [0, 0.05) is 51.1 Å². The van der Waals surface area contributed by atoms with Crippen LogP contribution >= 0.6 is 34.8 Å². The fourth-order valence-corrected chi connectivity index (χ4v) is 5.39. The number of carbonyl (C=O) groups is 1. The quantitative estimate of drug-likeness (QED) is 0.458. The fourth-order valence-electron chi connectivity index (χ4n) is 3.47. The summed E-state index contributed by atoms with van der Waals surface area (Å²) in [6.07, 6.45) is 4.83. The maximum absolute atomic E-state index is 13.3. The first-order valence-electron chi connectivity index (χ1n) is 10.1. The molecule has 1 aliphatic rings. The number of aromatic nitrogens is 2. The van der Waals surface area contributed by atoms with Gasteiger partial charge in [-0.15, -0.1) is 0 Å². The topological polar surface area (TPSA) is 73.2 Å². The molecule has 3 aromatic rings. The van der Waals surface area contributed by atoms with Crippen LogP contribution in [0.2, 0.25) is 15.1 Å². The van der Waals surface area contributed by atoms with Crippen molar-refractivity contribution >= 4 is 51.9 Å². The Kier molecular flexibility index (Phi) is 7.66. The van der Waals surface area contributed by atoms with E-state index < -0.39 is 11.2 Å². The predicted octanol–water partition coefficient (Wildman–Crippen LogP) is 5.27. The van der Waals surface area contributed by atoms with E-state index in [2.05, 4.69) is 10.4 Å². The number of nitrogens with zero attached hydrogens (tertiary/aromatic N) is 3. The van der Waals surface area contributed by atoms with E-state index in [1.807, 2.05) is 5.01 Å². The van der Waals surface area contributed by atoms with Gasteiger partial charge in [0.05, 0.1) is 5.69 Å². The molecule has 10 heteroatoms. The highest BCUT2D eigenvalue weighted by Gasteiger charge is 2.26. The molecule has 1 unspecified atom stereocenters. The van der Waals surface area contributed by atoms with Crippen LogP contribution in [0, 0.1) is 0 Å². The second-order valence-electron chi connectivity index (χ2n) is 7.47. The van der Waals surface area contributed by atoms with E-state index in [-0.39, 0.29) is 22.5 Å². The summed E-state index contributed by atoms with van der Waals surface area (Å²) in [5, 5.41) is 3.66. The number of hydrogen-bond acceptors (Lipinski definition) is 4. The average Bonchev–Trinajstić information content (AvgIpc) is 3.23. The van der Waals surface area contributed by atoms with Crippen LogP contribution in [0.4, 0.5) is 0 Å². The Bertz CT molecular complexity index is 1100. The van der Waals surface area contributed by atoms with E-state index in [1.165, 1.54) is 0 Å². The molecule has 4 rings (SSSR count). The normalized spacial score (nSPS) is 15.5. The van der Waals surface area contributed by atoms with Crippen molar-refractivity contribution in [1.82, 2.24) is 20.0 Å². The van der Waals surface area contributed by atoms with Crippen molar-refractivity contribution in [3.63, 3.8) is 0 Å². The number of rotatable bonds is 6. The third kappa shape index (κ3) is 5.60. The number of amides is 1. The van der Waals surface area contributed by atoms with Crippen molar-refractivity contribution in [3.8, 4) is 5.69 Å². The molecule has 1 amide bonds. The largest absolute Gasteiger partial charge is 0.609 e. The minimum atomic E-state index is -1.57. The highest BCUT2D eigenvalue weighted by Crippen LogP contribution is 2.27. The minimum Gasteiger partial charge on any atom is -0.609 e. The van der Waals surface area contributed by atoms with Crippen LogP contribution in [-0.4, -0.2) is 38.1 Å². The second kappa shape index (κ2) is 10.5. The van der Waals surface area contributed by atoms with E-state index in [0.29, 0.717) is 26.3 Å². The molecule has 1 atom stereocenters. The lowest BCUT2D eigenvalue weighted by Gasteiger charge is -2.26. The lowest BCUT2D eigenvalue weighted by atomic mass is 10.2. The van der Waals surface area contributed by atoms with E-state index in [4.69, 9.17) is 34.8 Å². The molecule has 0 bridgehead atoms. The monoisotopic (exact) mass is 510 g/mol. The molecule has 168 valence electrons. The molecule has 2 aromatic carbocycles. The number of piperidine rings is 1. The highest BCUT2D eigenvalue weighted by atomic mass is 35.5. The van der Waals surface area contributed by atoms with Crippen molar-refractivity contribution in [3.05, 3.63) is 75.0 Å². The maximum Gasteiger partial charge on any atom is 0.328 e. The molecular weight excluding hydrogens is 491 g/mol. The first-order valence-corrected chi connectivity index (χ1v) is 12.6. The molecule has 32 heavy (non-hydrogen) atoms. The Labute approximate surface area is 204 Å². The summed E-state index contributed by atoms with van der Waals surface area (Å²) in [7, 11) is 0. The van der Waals surface area contributed by atoms with Gasteiger partial charge in [0.1, 0.15) is 5.75 Å². The molecule has 1 aromatic heterocycles. The first kappa shape index (κ1) is 23.4. The second-order valence-corrected chi connectivity index (χ2v) is 10.1. The van der Waals surface area contributed by atoms with E-state index >= 15 is 0 Å². The zero-order valence-electron chi connectivity index (χ0n) is 17.1. The van der Waals surface area contributed by atoms with Crippen LogP contribution in [-0.2, 0) is 16.9 Å². The van der Waals surface area contributed by atoms with Gasteiger partial charge >= 0.3 is 5.16 Å². The Morgan fingerprint density at radius 3 is 2.41 bits per heavy atom. The van der Waals surface area contributed by atoms with Crippen molar-refractivity contribution < 1.29 is 9.35 Å². The number of hydrogen-bond donors (Lipinski definition) is 1. The lowest BCUT2D eigenvalue weighted by molar-refractivity contribution is 0.0745. The SMILES string of the molecule is O=C(NN1CCCCC1)c1cn(-c2ccc(Cl)cc2)c([S+]([O-])Cc2ccc(Cl)cc2Cl)n1. The van der Waals surface area contributed by atoms with Crippen LogP contribution in [0.3, 0.4) is 0 Å². The number of hydrazine groups is 1. The molecule has 0 aliphatic carbocycles. The summed E-state index contributed by atoms with van der Waals surface area (Å²) in [5.74, 6) is -0.198. The fraction of sp³-hybridized carbons (Fsp3) is 0.273. The summed E-state index contributed by atoms with van der Waals surface area (Å²) >= 11 is 16.7. The van der Waals surface area contributed by atoms with Gasteiger partial charge < -0.3 is 4.55 Å². The number of nitrogens with one attached hydrogen (secondary N) is 1. The van der Waals surface area contributed by atoms with Crippen LogP contribution in [0.25, 0.3) is 5.69 Å². The summed E-state index contributed by atoms with van der Waals surface area (Å²) in [5.41, 5.74) is 4.47. The van der Waals surface area contributed by atoms with Crippen molar-refractivity contribution in [2.45, 2.75) is 30.2 Å².